The van der Waals surface area contributed by atoms with Gasteiger partial charge in [-0.05, 0) is 19.2 Å². The summed E-state index contributed by atoms with van der Waals surface area (Å²) in [5.41, 5.74) is 2.58. The molecule has 4 rings (SSSR count). The summed E-state index contributed by atoms with van der Waals surface area (Å²) in [5, 5.41) is 3.29. The number of aromatic nitrogens is 2. The van der Waals surface area contributed by atoms with Gasteiger partial charge in [-0.25, -0.2) is 9.97 Å². The molecule has 1 aromatic heterocycles. The SMILES string of the molecule is CN1CCN(C(=O)c2cnc(Nc3ccccc3N3CCOCC3)nc2)CC1. The average molecular weight is 382 g/mol. The Kier molecular flexibility index (Phi) is 5.68. The molecular formula is C20H26N6O2. The molecule has 0 saturated carbocycles. The standard InChI is InChI=1S/C20H26N6O2/c1-24-6-8-26(9-7-24)19(27)16-14-21-20(22-15-16)23-17-4-2-3-5-18(17)25-10-12-28-13-11-25/h2-5,14-15H,6-13H2,1H3,(H,21,22,23). The molecule has 2 saturated heterocycles. The molecular weight excluding hydrogens is 356 g/mol. The van der Waals surface area contributed by atoms with E-state index in [2.05, 4.69) is 38.2 Å². The van der Waals surface area contributed by atoms with Crippen LogP contribution in [0.2, 0.25) is 0 Å². The number of nitrogens with one attached hydrogen (secondary N) is 1. The van der Waals surface area contributed by atoms with Crippen molar-refractivity contribution in [2.75, 3.05) is 69.7 Å². The van der Waals surface area contributed by atoms with E-state index in [1.165, 1.54) is 0 Å². The summed E-state index contributed by atoms with van der Waals surface area (Å²) in [6.45, 7) is 6.44. The van der Waals surface area contributed by atoms with Gasteiger partial charge in [-0.2, -0.15) is 0 Å². The summed E-state index contributed by atoms with van der Waals surface area (Å²) in [7, 11) is 2.07. The number of rotatable bonds is 4. The van der Waals surface area contributed by atoms with Crippen molar-refractivity contribution in [3.05, 3.63) is 42.2 Å². The highest BCUT2D eigenvalue weighted by molar-refractivity contribution is 5.93. The summed E-state index contributed by atoms with van der Waals surface area (Å²) in [4.78, 5) is 27.7. The normalized spacial score (nSPS) is 18.2. The van der Waals surface area contributed by atoms with E-state index >= 15 is 0 Å². The van der Waals surface area contributed by atoms with Crippen molar-refractivity contribution in [3.63, 3.8) is 0 Å². The Morgan fingerprint density at radius 1 is 1.00 bits per heavy atom. The highest BCUT2D eigenvalue weighted by Gasteiger charge is 2.21. The number of hydrogen-bond acceptors (Lipinski definition) is 7. The van der Waals surface area contributed by atoms with Gasteiger partial charge in [0, 0.05) is 51.7 Å². The molecule has 0 radical (unpaired) electrons. The molecule has 3 heterocycles. The van der Waals surface area contributed by atoms with E-state index in [0.717, 1.165) is 63.9 Å². The van der Waals surface area contributed by atoms with Crippen LogP contribution in [0.1, 0.15) is 10.4 Å². The number of morpholine rings is 1. The number of carbonyl (C=O) groups excluding carboxylic acids is 1. The third-order valence-corrected chi connectivity index (χ3v) is 5.19. The van der Waals surface area contributed by atoms with Crippen LogP contribution in [0.15, 0.2) is 36.7 Å². The monoisotopic (exact) mass is 382 g/mol. The van der Waals surface area contributed by atoms with Crippen LogP contribution in [0, 0.1) is 0 Å². The molecule has 2 aliphatic heterocycles. The second-order valence-electron chi connectivity index (χ2n) is 7.13. The molecule has 2 aliphatic rings. The van der Waals surface area contributed by atoms with Crippen LogP contribution in [0.5, 0.6) is 0 Å². The minimum atomic E-state index is -0.00614. The third kappa shape index (κ3) is 4.23. The molecule has 0 aliphatic carbocycles. The van der Waals surface area contributed by atoms with Gasteiger partial charge in [0.1, 0.15) is 0 Å². The Balaban J connectivity index is 1.44. The van der Waals surface area contributed by atoms with E-state index in [4.69, 9.17) is 4.74 Å². The fraction of sp³-hybridized carbons (Fsp3) is 0.450. The number of benzene rings is 1. The molecule has 0 spiro atoms. The van der Waals surface area contributed by atoms with E-state index < -0.39 is 0 Å². The van der Waals surface area contributed by atoms with Gasteiger partial charge in [-0.3, -0.25) is 4.79 Å². The van der Waals surface area contributed by atoms with Crippen molar-refractivity contribution in [2.24, 2.45) is 0 Å². The van der Waals surface area contributed by atoms with Crippen LogP contribution in [-0.2, 0) is 4.74 Å². The lowest BCUT2D eigenvalue weighted by atomic mass is 10.2. The topological polar surface area (TPSA) is 73.8 Å². The van der Waals surface area contributed by atoms with Gasteiger partial charge >= 0.3 is 0 Å². The average Bonchev–Trinajstić information content (AvgIpc) is 2.75. The van der Waals surface area contributed by atoms with E-state index in [1.807, 2.05) is 23.1 Å². The first-order valence-electron chi connectivity index (χ1n) is 9.69. The maximum atomic E-state index is 12.6. The fourth-order valence-corrected chi connectivity index (χ4v) is 3.47. The van der Waals surface area contributed by atoms with E-state index in [9.17, 15) is 4.79 Å². The summed E-state index contributed by atoms with van der Waals surface area (Å²) in [6, 6.07) is 8.10. The predicted octanol–water partition coefficient (Wildman–Crippen LogP) is 1.44. The van der Waals surface area contributed by atoms with Crippen LogP contribution in [-0.4, -0.2) is 85.2 Å². The molecule has 1 N–H and O–H groups in total. The van der Waals surface area contributed by atoms with Crippen LogP contribution in [0.3, 0.4) is 0 Å². The number of anilines is 3. The van der Waals surface area contributed by atoms with Gasteiger partial charge in [0.15, 0.2) is 0 Å². The molecule has 2 fully saturated rings. The number of likely N-dealkylation sites (N-methyl/N-ethyl adjacent to an activating group) is 1. The van der Waals surface area contributed by atoms with E-state index in [1.54, 1.807) is 12.4 Å². The molecule has 0 atom stereocenters. The summed E-state index contributed by atoms with van der Waals surface area (Å²) in [6.07, 6.45) is 3.21. The number of nitrogens with zero attached hydrogens (tertiary/aromatic N) is 5. The van der Waals surface area contributed by atoms with Gasteiger partial charge < -0.3 is 24.8 Å². The Morgan fingerprint density at radius 3 is 2.39 bits per heavy atom. The highest BCUT2D eigenvalue weighted by Crippen LogP contribution is 2.28. The first-order chi connectivity index (χ1) is 13.7. The number of hydrogen-bond donors (Lipinski definition) is 1. The van der Waals surface area contributed by atoms with Crippen LogP contribution >= 0.6 is 0 Å². The molecule has 8 nitrogen and oxygen atoms in total. The highest BCUT2D eigenvalue weighted by atomic mass is 16.5. The largest absolute Gasteiger partial charge is 0.378 e. The van der Waals surface area contributed by atoms with Crippen LogP contribution in [0.25, 0.3) is 0 Å². The summed E-state index contributed by atoms with van der Waals surface area (Å²) in [5.74, 6) is 0.476. The van der Waals surface area contributed by atoms with Gasteiger partial charge in [-0.1, -0.05) is 12.1 Å². The second kappa shape index (κ2) is 8.53. The van der Waals surface area contributed by atoms with E-state index in [0.29, 0.717) is 11.5 Å². The Bertz CT molecular complexity index is 799. The number of piperazine rings is 1. The number of para-hydroxylation sites is 2. The fourth-order valence-electron chi connectivity index (χ4n) is 3.47. The molecule has 28 heavy (non-hydrogen) atoms. The van der Waals surface area contributed by atoms with Crippen molar-refractivity contribution in [1.82, 2.24) is 19.8 Å². The summed E-state index contributed by atoms with van der Waals surface area (Å²) >= 11 is 0. The molecule has 0 bridgehead atoms. The molecule has 8 heteroatoms. The Morgan fingerprint density at radius 2 is 1.68 bits per heavy atom. The zero-order valence-electron chi connectivity index (χ0n) is 16.2. The van der Waals surface area contributed by atoms with Crippen molar-refractivity contribution >= 4 is 23.2 Å². The van der Waals surface area contributed by atoms with Gasteiger partial charge in [0.05, 0.1) is 30.2 Å². The minimum Gasteiger partial charge on any atom is -0.378 e. The Labute approximate surface area is 165 Å². The first-order valence-corrected chi connectivity index (χ1v) is 9.69. The lowest BCUT2D eigenvalue weighted by Gasteiger charge is -2.32. The van der Waals surface area contributed by atoms with Crippen molar-refractivity contribution in [2.45, 2.75) is 0 Å². The maximum Gasteiger partial charge on any atom is 0.257 e. The zero-order chi connectivity index (χ0) is 19.3. The van der Waals surface area contributed by atoms with E-state index in [-0.39, 0.29) is 5.91 Å². The zero-order valence-corrected chi connectivity index (χ0v) is 16.2. The summed E-state index contributed by atoms with van der Waals surface area (Å²) < 4.78 is 5.45. The van der Waals surface area contributed by atoms with Crippen molar-refractivity contribution < 1.29 is 9.53 Å². The smallest absolute Gasteiger partial charge is 0.257 e. The van der Waals surface area contributed by atoms with Crippen LogP contribution < -0.4 is 10.2 Å². The molecule has 1 aromatic carbocycles. The predicted molar refractivity (Wildman–Crippen MR) is 108 cm³/mol. The Hall–Kier alpha value is -2.71. The maximum absolute atomic E-state index is 12.6. The third-order valence-electron chi connectivity index (χ3n) is 5.19. The van der Waals surface area contributed by atoms with Gasteiger partial charge in [-0.15, -0.1) is 0 Å². The number of ether oxygens (including phenoxy) is 1. The number of amides is 1. The van der Waals surface area contributed by atoms with Gasteiger partial charge in [0.25, 0.3) is 5.91 Å². The molecule has 0 unspecified atom stereocenters. The molecule has 2 aromatic rings. The minimum absolute atomic E-state index is 0.00614. The van der Waals surface area contributed by atoms with Crippen molar-refractivity contribution in [3.8, 4) is 0 Å². The quantitative estimate of drug-likeness (QED) is 0.858. The second-order valence-corrected chi connectivity index (χ2v) is 7.13. The lowest BCUT2D eigenvalue weighted by Crippen LogP contribution is -2.47. The van der Waals surface area contributed by atoms with Gasteiger partial charge in [0.2, 0.25) is 5.95 Å². The molecule has 1 amide bonds. The van der Waals surface area contributed by atoms with Crippen LogP contribution in [0.4, 0.5) is 17.3 Å². The van der Waals surface area contributed by atoms with Crippen molar-refractivity contribution in [1.29, 1.82) is 0 Å². The number of carbonyl (C=O) groups is 1. The first kappa shape index (κ1) is 18.6. The lowest BCUT2D eigenvalue weighted by molar-refractivity contribution is 0.0663. The molecule has 148 valence electrons.